The lowest BCUT2D eigenvalue weighted by atomic mass is 9.81. The number of hydrogen-bond acceptors (Lipinski definition) is 3. The fraction of sp³-hybridized carbons (Fsp3) is 1.00. The molecule has 0 radical (unpaired) electrons. The standard InChI is InChI=1S/C12H23NO2/c14-9-12(7-2-1-3-8-12)13-10-5-4-6-11(10)15/h10-11,13-15H,1-9H2. The average Bonchev–Trinajstić information content (AvgIpc) is 2.66. The van der Waals surface area contributed by atoms with Gasteiger partial charge in [-0.3, -0.25) is 0 Å². The summed E-state index contributed by atoms with van der Waals surface area (Å²) in [5.41, 5.74) is -0.0891. The number of aliphatic hydroxyl groups is 2. The Morgan fingerprint density at radius 1 is 1.07 bits per heavy atom. The van der Waals surface area contributed by atoms with Crippen LogP contribution in [0.1, 0.15) is 51.4 Å². The molecular weight excluding hydrogens is 190 g/mol. The molecule has 3 nitrogen and oxygen atoms in total. The monoisotopic (exact) mass is 213 g/mol. The van der Waals surface area contributed by atoms with E-state index in [-0.39, 0.29) is 24.3 Å². The molecule has 2 saturated carbocycles. The van der Waals surface area contributed by atoms with Crippen molar-refractivity contribution in [2.45, 2.75) is 69.1 Å². The molecule has 0 aliphatic heterocycles. The quantitative estimate of drug-likeness (QED) is 0.660. The highest BCUT2D eigenvalue weighted by molar-refractivity contribution is 4.96. The van der Waals surface area contributed by atoms with Crippen LogP contribution in [-0.4, -0.2) is 34.5 Å². The fourth-order valence-corrected chi connectivity index (χ4v) is 3.08. The van der Waals surface area contributed by atoms with Crippen LogP contribution in [0.4, 0.5) is 0 Å². The SMILES string of the molecule is OCC1(NC2CCCC2O)CCCCC1. The lowest BCUT2D eigenvalue weighted by Gasteiger charge is -2.39. The molecule has 3 N–H and O–H groups in total. The molecule has 2 fully saturated rings. The second kappa shape index (κ2) is 4.81. The Bertz CT molecular complexity index is 202. The first-order chi connectivity index (χ1) is 7.26. The van der Waals surface area contributed by atoms with Gasteiger partial charge < -0.3 is 15.5 Å². The first-order valence-corrected chi connectivity index (χ1v) is 6.32. The van der Waals surface area contributed by atoms with Crippen molar-refractivity contribution in [3.63, 3.8) is 0 Å². The Labute approximate surface area is 91.9 Å². The Balaban J connectivity index is 1.94. The van der Waals surface area contributed by atoms with Gasteiger partial charge in [-0.05, 0) is 32.1 Å². The van der Waals surface area contributed by atoms with E-state index < -0.39 is 0 Å². The third-order valence-electron chi connectivity index (χ3n) is 4.08. The van der Waals surface area contributed by atoms with Crippen LogP contribution in [0.2, 0.25) is 0 Å². The van der Waals surface area contributed by atoms with Crippen LogP contribution in [0.25, 0.3) is 0 Å². The number of aliphatic hydroxyl groups excluding tert-OH is 2. The third kappa shape index (κ3) is 2.52. The van der Waals surface area contributed by atoms with Crippen molar-refractivity contribution in [1.82, 2.24) is 5.32 Å². The predicted octanol–water partition coefficient (Wildman–Crippen LogP) is 1.18. The van der Waals surface area contributed by atoms with E-state index in [4.69, 9.17) is 0 Å². The highest BCUT2D eigenvalue weighted by atomic mass is 16.3. The van der Waals surface area contributed by atoms with Crippen LogP contribution >= 0.6 is 0 Å². The second-order valence-corrected chi connectivity index (χ2v) is 5.25. The molecular formula is C12H23NO2. The Hall–Kier alpha value is -0.120. The summed E-state index contributed by atoms with van der Waals surface area (Å²) in [6, 6.07) is 0.218. The maximum absolute atomic E-state index is 9.79. The van der Waals surface area contributed by atoms with Gasteiger partial charge in [0.05, 0.1) is 12.7 Å². The molecule has 3 heteroatoms. The Morgan fingerprint density at radius 3 is 2.33 bits per heavy atom. The molecule has 0 amide bonds. The van der Waals surface area contributed by atoms with Crippen molar-refractivity contribution in [1.29, 1.82) is 0 Å². The highest BCUT2D eigenvalue weighted by Gasteiger charge is 2.36. The normalized spacial score (nSPS) is 35.6. The minimum absolute atomic E-state index is 0.0891. The van der Waals surface area contributed by atoms with Crippen LogP contribution in [0, 0.1) is 0 Å². The zero-order valence-electron chi connectivity index (χ0n) is 9.41. The van der Waals surface area contributed by atoms with Gasteiger partial charge in [-0.1, -0.05) is 19.3 Å². The molecule has 0 saturated heterocycles. The van der Waals surface area contributed by atoms with Gasteiger partial charge in [0.25, 0.3) is 0 Å². The maximum Gasteiger partial charge on any atom is 0.0693 e. The van der Waals surface area contributed by atoms with Gasteiger partial charge in [-0.25, -0.2) is 0 Å². The molecule has 2 unspecified atom stereocenters. The van der Waals surface area contributed by atoms with Gasteiger partial charge in [0.15, 0.2) is 0 Å². The van der Waals surface area contributed by atoms with Crippen molar-refractivity contribution in [2.75, 3.05) is 6.61 Å². The fourth-order valence-electron chi connectivity index (χ4n) is 3.08. The molecule has 0 heterocycles. The van der Waals surface area contributed by atoms with Crippen LogP contribution in [0.15, 0.2) is 0 Å². The third-order valence-corrected chi connectivity index (χ3v) is 4.08. The molecule has 0 aromatic carbocycles. The van der Waals surface area contributed by atoms with E-state index in [1.165, 1.54) is 19.3 Å². The van der Waals surface area contributed by atoms with E-state index in [0.29, 0.717) is 0 Å². The van der Waals surface area contributed by atoms with Crippen molar-refractivity contribution >= 4 is 0 Å². The van der Waals surface area contributed by atoms with E-state index in [1.807, 2.05) is 0 Å². The zero-order chi connectivity index (χ0) is 10.7. The van der Waals surface area contributed by atoms with Gasteiger partial charge in [0.2, 0.25) is 0 Å². The number of rotatable bonds is 3. The minimum Gasteiger partial charge on any atom is -0.394 e. The van der Waals surface area contributed by atoms with Crippen molar-refractivity contribution in [3.8, 4) is 0 Å². The first-order valence-electron chi connectivity index (χ1n) is 6.32. The lowest BCUT2D eigenvalue weighted by molar-refractivity contribution is 0.0738. The van der Waals surface area contributed by atoms with Crippen LogP contribution < -0.4 is 5.32 Å². The van der Waals surface area contributed by atoms with Crippen molar-refractivity contribution in [3.05, 3.63) is 0 Å². The van der Waals surface area contributed by atoms with E-state index in [9.17, 15) is 10.2 Å². The van der Waals surface area contributed by atoms with Crippen LogP contribution in [0.5, 0.6) is 0 Å². The molecule has 2 aliphatic rings. The summed E-state index contributed by atoms with van der Waals surface area (Å²) < 4.78 is 0. The van der Waals surface area contributed by atoms with Crippen molar-refractivity contribution in [2.24, 2.45) is 0 Å². The summed E-state index contributed by atoms with van der Waals surface area (Å²) in [4.78, 5) is 0. The largest absolute Gasteiger partial charge is 0.394 e. The molecule has 2 atom stereocenters. The molecule has 15 heavy (non-hydrogen) atoms. The van der Waals surface area contributed by atoms with E-state index >= 15 is 0 Å². The van der Waals surface area contributed by atoms with Gasteiger partial charge in [-0.2, -0.15) is 0 Å². The van der Waals surface area contributed by atoms with Gasteiger partial charge in [0.1, 0.15) is 0 Å². The topological polar surface area (TPSA) is 52.5 Å². The van der Waals surface area contributed by atoms with Gasteiger partial charge >= 0.3 is 0 Å². The van der Waals surface area contributed by atoms with Gasteiger partial charge in [-0.15, -0.1) is 0 Å². The summed E-state index contributed by atoms with van der Waals surface area (Å²) >= 11 is 0. The molecule has 0 aromatic rings. The molecule has 2 rings (SSSR count). The smallest absolute Gasteiger partial charge is 0.0693 e. The maximum atomic E-state index is 9.79. The summed E-state index contributed by atoms with van der Waals surface area (Å²) in [7, 11) is 0. The number of nitrogens with one attached hydrogen (secondary N) is 1. The summed E-state index contributed by atoms with van der Waals surface area (Å²) in [5, 5.41) is 22.9. The summed E-state index contributed by atoms with van der Waals surface area (Å²) in [6.07, 6.45) is 8.71. The Morgan fingerprint density at radius 2 is 1.80 bits per heavy atom. The van der Waals surface area contributed by atoms with Crippen LogP contribution in [0.3, 0.4) is 0 Å². The Kier molecular flexibility index (Phi) is 3.65. The lowest BCUT2D eigenvalue weighted by Crippen LogP contribution is -2.56. The molecule has 0 bridgehead atoms. The average molecular weight is 213 g/mol. The first kappa shape index (κ1) is 11.4. The summed E-state index contributed by atoms with van der Waals surface area (Å²) in [6.45, 7) is 0.218. The van der Waals surface area contributed by atoms with Crippen molar-refractivity contribution < 1.29 is 10.2 Å². The van der Waals surface area contributed by atoms with E-state index in [1.54, 1.807) is 0 Å². The van der Waals surface area contributed by atoms with E-state index in [2.05, 4.69) is 5.32 Å². The molecule has 88 valence electrons. The highest BCUT2D eigenvalue weighted by Crippen LogP contribution is 2.30. The van der Waals surface area contributed by atoms with E-state index in [0.717, 1.165) is 32.1 Å². The molecule has 0 spiro atoms. The van der Waals surface area contributed by atoms with Crippen LogP contribution in [-0.2, 0) is 0 Å². The summed E-state index contributed by atoms with van der Waals surface area (Å²) in [5.74, 6) is 0. The predicted molar refractivity (Wildman–Crippen MR) is 59.7 cm³/mol. The molecule has 0 aromatic heterocycles. The molecule has 2 aliphatic carbocycles. The minimum atomic E-state index is -0.199. The zero-order valence-corrected chi connectivity index (χ0v) is 9.41. The number of hydrogen-bond donors (Lipinski definition) is 3. The van der Waals surface area contributed by atoms with Gasteiger partial charge in [0, 0.05) is 11.6 Å². The second-order valence-electron chi connectivity index (χ2n) is 5.25.